The lowest BCUT2D eigenvalue weighted by molar-refractivity contribution is 0.595. The van der Waals surface area contributed by atoms with Crippen LogP contribution in [-0.2, 0) is 0 Å². The Labute approximate surface area is 128 Å². The van der Waals surface area contributed by atoms with E-state index in [1.165, 1.54) is 15.8 Å². The molecule has 4 heteroatoms. The van der Waals surface area contributed by atoms with Gasteiger partial charge in [-0.2, -0.15) is 0 Å². The van der Waals surface area contributed by atoms with E-state index in [4.69, 9.17) is 11.6 Å². The van der Waals surface area contributed by atoms with E-state index in [0.29, 0.717) is 10.6 Å². The molecule has 0 saturated heterocycles. The normalized spacial score (nSPS) is 12.7. The molecule has 0 bridgehead atoms. The molecule has 1 aromatic carbocycles. The van der Waals surface area contributed by atoms with E-state index in [9.17, 15) is 4.39 Å². The lowest BCUT2D eigenvalue weighted by Crippen LogP contribution is -2.23. The molecule has 20 heavy (non-hydrogen) atoms. The standard InChI is InChI=1S/C16H19ClFNS/c1-4-7-19-16(15-6-5-11(3)20-15)12-8-10(2)14(18)9-13(12)17/h5-6,8-9,16,19H,4,7H2,1-3H3. The molecule has 1 unspecified atom stereocenters. The Balaban J connectivity index is 2.43. The van der Waals surface area contributed by atoms with Gasteiger partial charge in [-0.15, -0.1) is 11.3 Å². The fourth-order valence-corrected chi connectivity index (χ4v) is 3.39. The van der Waals surface area contributed by atoms with Gasteiger partial charge in [0.2, 0.25) is 0 Å². The Morgan fingerprint density at radius 3 is 2.65 bits per heavy atom. The third-order valence-corrected chi connectivity index (χ3v) is 4.63. The molecule has 108 valence electrons. The Kier molecular flexibility index (Phi) is 5.19. The van der Waals surface area contributed by atoms with Crippen LogP contribution in [0.2, 0.25) is 5.02 Å². The van der Waals surface area contributed by atoms with Crippen LogP contribution in [0.1, 0.15) is 40.3 Å². The summed E-state index contributed by atoms with van der Waals surface area (Å²) in [6.07, 6.45) is 1.04. The zero-order valence-corrected chi connectivity index (χ0v) is 13.5. The number of nitrogens with one attached hydrogen (secondary N) is 1. The van der Waals surface area contributed by atoms with Crippen molar-refractivity contribution in [3.8, 4) is 0 Å². The molecular weight excluding hydrogens is 293 g/mol. The van der Waals surface area contributed by atoms with E-state index in [2.05, 4.69) is 31.3 Å². The van der Waals surface area contributed by atoms with Crippen molar-refractivity contribution in [2.24, 2.45) is 0 Å². The number of halogens is 2. The molecule has 0 saturated carbocycles. The van der Waals surface area contributed by atoms with Gasteiger partial charge in [0.05, 0.1) is 6.04 Å². The third-order valence-electron chi connectivity index (χ3n) is 3.23. The largest absolute Gasteiger partial charge is 0.306 e. The summed E-state index contributed by atoms with van der Waals surface area (Å²) in [5.74, 6) is -0.254. The number of aryl methyl sites for hydroxylation is 2. The minimum Gasteiger partial charge on any atom is -0.306 e. The highest BCUT2D eigenvalue weighted by Gasteiger charge is 2.19. The van der Waals surface area contributed by atoms with Gasteiger partial charge in [0.15, 0.2) is 0 Å². The number of hydrogen-bond donors (Lipinski definition) is 1. The zero-order valence-electron chi connectivity index (χ0n) is 12.0. The van der Waals surface area contributed by atoms with E-state index in [1.54, 1.807) is 18.3 Å². The molecule has 0 aliphatic heterocycles. The summed E-state index contributed by atoms with van der Waals surface area (Å²) >= 11 is 8.00. The van der Waals surface area contributed by atoms with Crippen LogP contribution >= 0.6 is 22.9 Å². The van der Waals surface area contributed by atoms with E-state index in [1.807, 2.05) is 6.07 Å². The molecule has 1 nitrogen and oxygen atoms in total. The maximum Gasteiger partial charge on any atom is 0.127 e. The lowest BCUT2D eigenvalue weighted by atomic mass is 10.0. The van der Waals surface area contributed by atoms with Gasteiger partial charge in [-0.1, -0.05) is 18.5 Å². The maximum absolute atomic E-state index is 13.6. The first-order valence-corrected chi connectivity index (χ1v) is 7.97. The highest BCUT2D eigenvalue weighted by Crippen LogP contribution is 2.33. The fraction of sp³-hybridized carbons (Fsp3) is 0.375. The Bertz CT molecular complexity index is 594. The van der Waals surface area contributed by atoms with Crippen molar-refractivity contribution in [3.05, 3.63) is 56.0 Å². The van der Waals surface area contributed by atoms with Crippen molar-refractivity contribution in [2.45, 2.75) is 33.2 Å². The molecule has 2 rings (SSSR count). The van der Waals surface area contributed by atoms with Crippen LogP contribution in [0.5, 0.6) is 0 Å². The lowest BCUT2D eigenvalue weighted by Gasteiger charge is -2.20. The van der Waals surface area contributed by atoms with Crippen molar-refractivity contribution in [1.82, 2.24) is 5.32 Å². The predicted molar refractivity (Wildman–Crippen MR) is 85.3 cm³/mol. The van der Waals surface area contributed by atoms with Gasteiger partial charge in [0.25, 0.3) is 0 Å². The summed E-state index contributed by atoms with van der Waals surface area (Å²) in [6.45, 7) is 6.88. The van der Waals surface area contributed by atoms with Gasteiger partial charge in [0.1, 0.15) is 5.82 Å². The van der Waals surface area contributed by atoms with Gasteiger partial charge < -0.3 is 5.32 Å². The molecule has 1 atom stereocenters. The summed E-state index contributed by atoms with van der Waals surface area (Å²) in [4.78, 5) is 2.47. The van der Waals surface area contributed by atoms with E-state index in [0.717, 1.165) is 18.5 Å². The monoisotopic (exact) mass is 311 g/mol. The third kappa shape index (κ3) is 3.40. The summed E-state index contributed by atoms with van der Waals surface area (Å²) in [5, 5.41) is 3.99. The van der Waals surface area contributed by atoms with Gasteiger partial charge in [-0.05, 0) is 62.2 Å². The maximum atomic E-state index is 13.6. The van der Waals surface area contributed by atoms with Crippen LogP contribution in [0, 0.1) is 19.7 Å². The average Bonchev–Trinajstić information content (AvgIpc) is 2.82. The van der Waals surface area contributed by atoms with Crippen LogP contribution < -0.4 is 5.32 Å². The number of thiophene rings is 1. The van der Waals surface area contributed by atoms with E-state index < -0.39 is 0 Å². The summed E-state index contributed by atoms with van der Waals surface area (Å²) in [5.41, 5.74) is 1.57. The molecule has 0 radical (unpaired) electrons. The van der Waals surface area contributed by atoms with Crippen LogP contribution in [0.15, 0.2) is 24.3 Å². The van der Waals surface area contributed by atoms with Gasteiger partial charge >= 0.3 is 0 Å². The second-order valence-corrected chi connectivity index (χ2v) is 6.69. The minimum atomic E-state index is -0.254. The molecule has 1 N–H and O–H groups in total. The molecule has 0 aliphatic carbocycles. The summed E-state index contributed by atoms with van der Waals surface area (Å²) in [7, 11) is 0. The van der Waals surface area contributed by atoms with Crippen LogP contribution in [0.4, 0.5) is 4.39 Å². The number of hydrogen-bond acceptors (Lipinski definition) is 2. The Hall–Kier alpha value is -0.900. The second-order valence-electron chi connectivity index (χ2n) is 4.96. The first-order valence-electron chi connectivity index (χ1n) is 6.78. The van der Waals surface area contributed by atoms with Gasteiger partial charge in [-0.3, -0.25) is 0 Å². The molecule has 1 aromatic heterocycles. The average molecular weight is 312 g/mol. The smallest absolute Gasteiger partial charge is 0.127 e. The minimum absolute atomic E-state index is 0.0282. The van der Waals surface area contributed by atoms with Crippen molar-refractivity contribution in [2.75, 3.05) is 6.54 Å². The van der Waals surface area contributed by atoms with E-state index in [-0.39, 0.29) is 11.9 Å². The van der Waals surface area contributed by atoms with Crippen molar-refractivity contribution < 1.29 is 4.39 Å². The van der Waals surface area contributed by atoms with Crippen LogP contribution in [0.25, 0.3) is 0 Å². The van der Waals surface area contributed by atoms with Crippen molar-refractivity contribution in [1.29, 1.82) is 0 Å². The summed E-state index contributed by atoms with van der Waals surface area (Å²) < 4.78 is 13.6. The highest BCUT2D eigenvalue weighted by molar-refractivity contribution is 7.12. The SMILES string of the molecule is CCCNC(c1ccc(C)s1)c1cc(C)c(F)cc1Cl. The molecule has 0 amide bonds. The van der Waals surface area contributed by atoms with Crippen LogP contribution in [-0.4, -0.2) is 6.54 Å². The molecule has 1 heterocycles. The summed E-state index contributed by atoms with van der Waals surface area (Å²) in [6, 6.07) is 7.50. The Morgan fingerprint density at radius 1 is 1.30 bits per heavy atom. The Morgan fingerprint density at radius 2 is 2.05 bits per heavy atom. The van der Waals surface area contributed by atoms with Crippen molar-refractivity contribution in [3.63, 3.8) is 0 Å². The second kappa shape index (κ2) is 6.70. The van der Waals surface area contributed by atoms with Crippen molar-refractivity contribution >= 4 is 22.9 Å². The number of rotatable bonds is 5. The first-order chi connectivity index (χ1) is 9.52. The molecule has 0 spiro atoms. The first kappa shape index (κ1) is 15.5. The molecule has 0 fully saturated rings. The highest BCUT2D eigenvalue weighted by atomic mass is 35.5. The molecular formula is C16H19ClFNS. The zero-order chi connectivity index (χ0) is 14.7. The topological polar surface area (TPSA) is 12.0 Å². The van der Waals surface area contributed by atoms with Gasteiger partial charge in [-0.25, -0.2) is 4.39 Å². The predicted octanol–water partition coefficient (Wildman–Crippen LogP) is 5.25. The fourth-order valence-electron chi connectivity index (χ4n) is 2.16. The molecule has 0 aliphatic rings. The quantitative estimate of drug-likeness (QED) is 0.795. The molecule has 2 aromatic rings. The van der Waals surface area contributed by atoms with Gasteiger partial charge in [0, 0.05) is 14.8 Å². The van der Waals surface area contributed by atoms with E-state index >= 15 is 0 Å². The number of benzene rings is 1. The van der Waals surface area contributed by atoms with Crippen LogP contribution in [0.3, 0.4) is 0 Å².